The number of hydrogen-bond donors (Lipinski definition) is 1. The largest absolute Gasteiger partial charge is 0.492 e. The maximum absolute atomic E-state index is 12.4. The summed E-state index contributed by atoms with van der Waals surface area (Å²) >= 11 is 1.64. The van der Waals surface area contributed by atoms with Crippen molar-refractivity contribution in [3.63, 3.8) is 0 Å². The van der Waals surface area contributed by atoms with Crippen molar-refractivity contribution in [2.75, 3.05) is 26.2 Å². The predicted molar refractivity (Wildman–Crippen MR) is 86.8 cm³/mol. The maximum Gasteiger partial charge on any atom is 0.227 e. The first kappa shape index (κ1) is 13.7. The van der Waals surface area contributed by atoms with Crippen molar-refractivity contribution in [2.45, 2.75) is 6.42 Å². The third kappa shape index (κ3) is 2.47. The van der Waals surface area contributed by atoms with Crippen LogP contribution in [0.3, 0.4) is 0 Å². The van der Waals surface area contributed by atoms with Gasteiger partial charge in [0.25, 0.3) is 0 Å². The van der Waals surface area contributed by atoms with Gasteiger partial charge in [-0.15, -0.1) is 0 Å². The number of amides is 1. The summed E-state index contributed by atoms with van der Waals surface area (Å²) in [7, 11) is 0. The van der Waals surface area contributed by atoms with Crippen molar-refractivity contribution in [1.29, 1.82) is 0 Å². The molecule has 3 aliphatic heterocycles. The number of hydrogen-bond acceptors (Lipinski definition) is 5. The predicted octanol–water partition coefficient (Wildman–Crippen LogP) is 1.61. The van der Waals surface area contributed by atoms with Crippen LogP contribution in [0.2, 0.25) is 0 Å². The van der Waals surface area contributed by atoms with E-state index in [4.69, 9.17) is 4.74 Å². The molecule has 3 heterocycles. The number of carbonyl (C=O) groups is 1. The highest BCUT2D eigenvalue weighted by Crippen LogP contribution is 2.29. The molecule has 114 valence electrons. The number of nitrogens with one attached hydrogen (secondary N) is 1. The quantitative estimate of drug-likeness (QED) is 0.921. The average Bonchev–Trinajstić information content (AvgIpc) is 3.16. The van der Waals surface area contributed by atoms with E-state index in [0.717, 1.165) is 41.7 Å². The maximum atomic E-state index is 12.4. The second kappa shape index (κ2) is 5.68. The molecule has 22 heavy (non-hydrogen) atoms. The summed E-state index contributed by atoms with van der Waals surface area (Å²) in [5.74, 6) is 0.848. The topological polar surface area (TPSA) is 53.9 Å². The normalized spacial score (nSPS) is 22.4. The number of fused-ring (bicyclic) bond motifs is 2. The fourth-order valence-electron chi connectivity index (χ4n) is 2.93. The number of ether oxygens (including phenoxy) is 1. The molecule has 0 aliphatic carbocycles. The van der Waals surface area contributed by atoms with E-state index in [1.54, 1.807) is 11.8 Å². The Morgan fingerprint density at radius 2 is 2.36 bits per heavy atom. The molecule has 0 aromatic heterocycles. The van der Waals surface area contributed by atoms with Gasteiger partial charge in [-0.1, -0.05) is 30.0 Å². The van der Waals surface area contributed by atoms with E-state index in [1.807, 2.05) is 24.3 Å². The van der Waals surface area contributed by atoms with E-state index >= 15 is 0 Å². The summed E-state index contributed by atoms with van der Waals surface area (Å²) in [5.41, 5.74) is 2.24. The van der Waals surface area contributed by atoms with Crippen LogP contribution in [0.4, 0.5) is 0 Å². The molecule has 1 aromatic rings. The van der Waals surface area contributed by atoms with E-state index in [1.165, 1.54) is 0 Å². The lowest BCUT2D eigenvalue weighted by atomic mass is 9.96. The highest BCUT2D eigenvalue weighted by atomic mass is 32.2. The molecule has 5 nitrogen and oxygen atoms in total. The summed E-state index contributed by atoms with van der Waals surface area (Å²) in [4.78, 5) is 19.0. The number of amidine groups is 1. The molecule has 0 spiro atoms. The Morgan fingerprint density at radius 3 is 3.32 bits per heavy atom. The molecule has 0 saturated carbocycles. The third-order valence-corrected chi connectivity index (χ3v) is 5.09. The van der Waals surface area contributed by atoms with Gasteiger partial charge in [0.2, 0.25) is 5.91 Å². The fraction of sp³-hybridized carbons (Fsp3) is 0.375. The number of aliphatic imine (C=N–C) groups is 1. The smallest absolute Gasteiger partial charge is 0.227 e. The van der Waals surface area contributed by atoms with Gasteiger partial charge in [-0.25, -0.2) is 0 Å². The lowest BCUT2D eigenvalue weighted by molar-refractivity contribution is -0.126. The first-order chi connectivity index (χ1) is 10.8. The lowest BCUT2D eigenvalue weighted by Crippen LogP contribution is -2.39. The Bertz CT molecular complexity index is 671. The van der Waals surface area contributed by atoms with E-state index in [9.17, 15) is 4.79 Å². The van der Waals surface area contributed by atoms with Crippen LogP contribution in [0, 0.1) is 5.92 Å². The summed E-state index contributed by atoms with van der Waals surface area (Å²) in [6.07, 6.45) is 0.742. The summed E-state index contributed by atoms with van der Waals surface area (Å²) in [6, 6.07) is 7.92. The monoisotopic (exact) mass is 315 g/mol. The molecule has 0 bridgehead atoms. The number of thioether (sulfide) groups is 1. The molecule has 1 aromatic carbocycles. The fourth-order valence-corrected chi connectivity index (χ4v) is 3.89. The zero-order chi connectivity index (χ0) is 14.9. The summed E-state index contributed by atoms with van der Waals surface area (Å²) in [6.45, 7) is 2.78. The molecule has 0 fully saturated rings. The van der Waals surface area contributed by atoms with Crippen LogP contribution in [0.1, 0.15) is 5.56 Å². The van der Waals surface area contributed by atoms with Crippen molar-refractivity contribution in [3.05, 3.63) is 40.9 Å². The van der Waals surface area contributed by atoms with E-state index in [-0.39, 0.29) is 11.8 Å². The van der Waals surface area contributed by atoms with E-state index in [0.29, 0.717) is 13.2 Å². The molecule has 0 saturated heterocycles. The summed E-state index contributed by atoms with van der Waals surface area (Å²) < 4.78 is 5.69. The summed E-state index contributed by atoms with van der Waals surface area (Å²) in [5, 5.41) is 6.17. The Kier molecular flexibility index (Phi) is 3.54. The molecule has 0 radical (unpaired) electrons. The van der Waals surface area contributed by atoms with Gasteiger partial charge in [-0.05, 0) is 18.1 Å². The first-order valence-corrected chi connectivity index (χ1v) is 8.35. The van der Waals surface area contributed by atoms with Crippen LogP contribution in [-0.2, 0) is 11.2 Å². The van der Waals surface area contributed by atoms with Crippen molar-refractivity contribution >= 4 is 22.8 Å². The molecule has 1 N–H and O–H groups in total. The number of para-hydroxylation sites is 1. The Hall–Kier alpha value is -1.95. The van der Waals surface area contributed by atoms with Crippen LogP contribution < -0.4 is 10.1 Å². The molecule has 1 atom stereocenters. The standard InChI is InChI=1S/C16H17N3O2S/c20-15(12-7-11-3-1-2-4-14(11)21-9-12)18-8-13-10-22-16-17-5-6-19(13)16/h1-4,10,12H,5-9H2,(H,18,20)/t12-/m1/s1. The minimum atomic E-state index is -0.115. The van der Waals surface area contributed by atoms with Crippen molar-refractivity contribution in [3.8, 4) is 5.75 Å². The van der Waals surface area contributed by atoms with E-state index in [2.05, 4.69) is 20.6 Å². The van der Waals surface area contributed by atoms with Gasteiger partial charge in [0, 0.05) is 17.6 Å². The first-order valence-electron chi connectivity index (χ1n) is 7.47. The third-order valence-electron chi connectivity index (χ3n) is 4.14. The molecule has 3 aliphatic rings. The second-order valence-electron chi connectivity index (χ2n) is 5.58. The molecular formula is C16H17N3O2S. The van der Waals surface area contributed by atoms with Crippen LogP contribution in [0.15, 0.2) is 40.4 Å². The number of nitrogens with zero attached hydrogens (tertiary/aromatic N) is 2. The van der Waals surface area contributed by atoms with Gasteiger partial charge >= 0.3 is 0 Å². The molecule has 0 unspecified atom stereocenters. The highest BCUT2D eigenvalue weighted by molar-refractivity contribution is 8.16. The van der Waals surface area contributed by atoms with Crippen molar-refractivity contribution < 1.29 is 9.53 Å². The second-order valence-corrected chi connectivity index (χ2v) is 6.42. The van der Waals surface area contributed by atoms with Crippen LogP contribution in [0.5, 0.6) is 5.75 Å². The minimum absolute atomic E-state index is 0.0602. The Labute approximate surface area is 133 Å². The number of rotatable bonds is 3. The highest BCUT2D eigenvalue weighted by Gasteiger charge is 2.29. The van der Waals surface area contributed by atoms with Gasteiger partial charge in [-0.2, -0.15) is 0 Å². The van der Waals surface area contributed by atoms with E-state index < -0.39 is 0 Å². The zero-order valence-electron chi connectivity index (χ0n) is 12.1. The molecule has 6 heteroatoms. The molecule has 1 amide bonds. The van der Waals surface area contributed by atoms with Crippen LogP contribution in [0.25, 0.3) is 0 Å². The van der Waals surface area contributed by atoms with Gasteiger partial charge in [-0.3, -0.25) is 9.79 Å². The number of benzene rings is 1. The van der Waals surface area contributed by atoms with Crippen molar-refractivity contribution in [2.24, 2.45) is 10.9 Å². The minimum Gasteiger partial charge on any atom is -0.492 e. The van der Waals surface area contributed by atoms with Crippen molar-refractivity contribution in [1.82, 2.24) is 10.2 Å². The van der Waals surface area contributed by atoms with Crippen LogP contribution >= 0.6 is 11.8 Å². The van der Waals surface area contributed by atoms with Gasteiger partial charge in [0.05, 0.1) is 19.0 Å². The molecule has 4 rings (SSSR count). The number of carbonyl (C=O) groups excluding carboxylic acids is 1. The van der Waals surface area contributed by atoms with Gasteiger partial charge in [0.1, 0.15) is 12.4 Å². The Morgan fingerprint density at radius 1 is 1.45 bits per heavy atom. The van der Waals surface area contributed by atoms with Gasteiger partial charge < -0.3 is 15.0 Å². The average molecular weight is 315 g/mol. The SMILES string of the molecule is O=C(NCC1=CSC2=NCCN12)[C@H]1COc2ccccc2C1. The lowest BCUT2D eigenvalue weighted by Gasteiger charge is -2.25. The Balaban J connectivity index is 1.35. The zero-order valence-corrected chi connectivity index (χ0v) is 12.9. The molecular weight excluding hydrogens is 298 g/mol. The van der Waals surface area contributed by atoms with Crippen LogP contribution in [-0.4, -0.2) is 42.2 Å². The van der Waals surface area contributed by atoms with Gasteiger partial charge in [0.15, 0.2) is 5.17 Å².